The van der Waals surface area contributed by atoms with Gasteiger partial charge < -0.3 is 0 Å². The molecule has 1 heterocycles. The predicted octanol–water partition coefficient (Wildman–Crippen LogP) is 2.35. The van der Waals surface area contributed by atoms with Crippen LogP contribution in [0, 0.1) is 5.92 Å². The van der Waals surface area contributed by atoms with Gasteiger partial charge in [0.2, 0.25) is 0 Å². The topological polar surface area (TPSA) is 12.9 Å². The molecule has 1 aromatic rings. The minimum Gasteiger partial charge on any atom is -0.249 e. The molecule has 0 bridgehead atoms. The average Bonchev–Trinajstić information content (AvgIpc) is 2.36. The molecule has 55 valence electrons. The van der Waals surface area contributed by atoms with Crippen LogP contribution in [0.2, 0.25) is 0 Å². The highest BCUT2D eigenvalue weighted by molar-refractivity contribution is 7.09. The van der Waals surface area contributed by atoms with E-state index in [0.29, 0.717) is 5.01 Å². The molecule has 0 saturated carbocycles. The minimum absolute atomic E-state index is 0.0509. The van der Waals surface area contributed by atoms with Gasteiger partial charge in [-0.1, -0.05) is 0 Å². The van der Waals surface area contributed by atoms with Crippen molar-refractivity contribution in [3.63, 3.8) is 0 Å². The Morgan fingerprint density at radius 1 is 1.70 bits per heavy atom. The zero-order valence-corrected chi connectivity index (χ0v) is 6.16. The summed E-state index contributed by atoms with van der Waals surface area (Å²) in [7, 11) is 0. The molecule has 1 rings (SSSR count). The van der Waals surface area contributed by atoms with Gasteiger partial charge >= 0.3 is 0 Å². The maximum atomic E-state index is 11.9. The molecule has 1 aromatic heterocycles. The second-order valence-electron chi connectivity index (χ2n) is 1.82. The number of hydrogen-bond donors (Lipinski definition) is 0. The molecule has 0 aliphatic heterocycles. The molecule has 0 spiro atoms. The van der Waals surface area contributed by atoms with Gasteiger partial charge in [0.25, 0.3) is 6.43 Å². The first-order chi connectivity index (χ1) is 4.72. The standard InChI is InChI=1S/C6H6F2NS/c1-4(5(7)8)6-9-2-3-10-6/h2-3,5H,1H3. The molecule has 1 radical (unpaired) electrons. The fourth-order valence-electron chi connectivity index (χ4n) is 0.512. The Morgan fingerprint density at radius 2 is 2.40 bits per heavy atom. The number of halogens is 2. The summed E-state index contributed by atoms with van der Waals surface area (Å²) in [5.41, 5.74) is 0. The van der Waals surface area contributed by atoms with Crippen molar-refractivity contribution in [3.8, 4) is 0 Å². The minimum atomic E-state index is -2.38. The second kappa shape index (κ2) is 3.05. The fraction of sp³-hybridized carbons (Fsp3) is 0.333. The van der Waals surface area contributed by atoms with E-state index < -0.39 is 6.43 Å². The Balaban J connectivity index is 2.68. The lowest BCUT2D eigenvalue weighted by molar-refractivity contribution is 0.169. The lowest BCUT2D eigenvalue weighted by atomic mass is 10.2. The van der Waals surface area contributed by atoms with E-state index in [4.69, 9.17) is 0 Å². The van der Waals surface area contributed by atoms with Crippen LogP contribution >= 0.6 is 11.3 Å². The van der Waals surface area contributed by atoms with Gasteiger partial charge in [-0.2, -0.15) is 0 Å². The summed E-state index contributed by atoms with van der Waals surface area (Å²) in [5.74, 6) is 0.0509. The van der Waals surface area contributed by atoms with Gasteiger partial charge in [-0.05, 0) is 6.92 Å². The van der Waals surface area contributed by atoms with Crippen LogP contribution in [0.1, 0.15) is 11.9 Å². The summed E-state index contributed by atoms with van der Waals surface area (Å²) in [6.07, 6.45) is -0.863. The fourth-order valence-corrected chi connectivity index (χ4v) is 1.16. The SMILES string of the molecule is C[C](c1nccs1)C(F)F. The van der Waals surface area contributed by atoms with Crippen LogP contribution < -0.4 is 0 Å². The molecule has 0 amide bonds. The summed E-state index contributed by atoms with van der Waals surface area (Å²) >= 11 is 1.23. The molecule has 10 heavy (non-hydrogen) atoms. The van der Waals surface area contributed by atoms with Gasteiger partial charge in [-0.25, -0.2) is 13.8 Å². The Kier molecular flexibility index (Phi) is 2.32. The summed E-state index contributed by atoms with van der Waals surface area (Å²) in [6, 6.07) is 0. The van der Waals surface area contributed by atoms with Crippen LogP contribution in [-0.2, 0) is 0 Å². The molecule has 0 aromatic carbocycles. The molecule has 0 saturated heterocycles. The Hall–Kier alpha value is -0.510. The number of hydrogen-bond acceptors (Lipinski definition) is 2. The average molecular weight is 162 g/mol. The first-order valence-electron chi connectivity index (χ1n) is 2.73. The van der Waals surface area contributed by atoms with E-state index in [1.807, 2.05) is 0 Å². The molecule has 0 unspecified atom stereocenters. The normalized spacial score (nSPS) is 11.3. The zero-order valence-electron chi connectivity index (χ0n) is 5.34. The Labute approximate surface area is 61.7 Å². The largest absolute Gasteiger partial charge is 0.251 e. The van der Waals surface area contributed by atoms with Crippen molar-refractivity contribution in [1.82, 2.24) is 4.98 Å². The number of rotatable bonds is 2. The molecule has 0 N–H and O–H groups in total. The van der Waals surface area contributed by atoms with Crippen molar-refractivity contribution >= 4 is 11.3 Å². The van der Waals surface area contributed by atoms with Gasteiger partial charge in [-0.3, -0.25) is 0 Å². The molecule has 1 nitrogen and oxygen atoms in total. The Morgan fingerprint density at radius 3 is 2.80 bits per heavy atom. The van der Waals surface area contributed by atoms with Crippen LogP contribution in [0.5, 0.6) is 0 Å². The highest BCUT2D eigenvalue weighted by atomic mass is 32.1. The quantitative estimate of drug-likeness (QED) is 0.650. The third-order valence-corrected chi connectivity index (χ3v) is 2.01. The monoisotopic (exact) mass is 162 g/mol. The predicted molar refractivity (Wildman–Crippen MR) is 36.1 cm³/mol. The molecule has 0 atom stereocenters. The van der Waals surface area contributed by atoms with E-state index in [9.17, 15) is 8.78 Å². The highest BCUT2D eigenvalue weighted by Crippen LogP contribution is 2.22. The number of nitrogens with zero attached hydrogens (tertiary/aromatic N) is 1. The van der Waals surface area contributed by atoms with Crippen LogP contribution in [0.3, 0.4) is 0 Å². The Bertz CT molecular complexity index is 186. The second-order valence-corrected chi connectivity index (χ2v) is 2.72. The van der Waals surface area contributed by atoms with Gasteiger partial charge in [0.05, 0.1) is 5.92 Å². The molecular weight excluding hydrogens is 156 g/mol. The molecular formula is C6H6F2NS. The number of alkyl halides is 2. The van der Waals surface area contributed by atoms with Gasteiger partial charge in [0.15, 0.2) is 0 Å². The van der Waals surface area contributed by atoms with Crippen LogP contribution in [0.15, 0.2) is 11.6 Å². The van der Waals surface area contributed by atoms with Crippen molar-refractivity contribution in [2.75, 3.05) is 0 Å². The molecule has 0 aliphatic rings. The van der Waals surface area contributed by atoms with Gasteiger partial charge in [0.1, 0.15) is 5.01 Å². The lowest BCUT2D eigenvalue weighted by Gasteiger charge is -2.03. The summed E-state index contributed by atoms with van der Waals surface area (Å²) < 4.78 is 23.8. The van der Waals surface area contributed by atoms with Gasteiger partial charge in [0, 0.05) is 11.6 Å². The summed E-state index contributed by atoms with van der Waals surface area (Å²) in [6.45, 7) is 1.39. The van der Waals surface area contributed by atoms with Crippen molar-refractivity contribution < 1.29 is 8.78 Å². The van der Waals surface area contributed by atoms with Crippen LogP contribution in [-0.4, -0.2) is 11.4 Å². The van der Waals surface area contributed by atoms with Crippen molar-refractivity contribution in [2.45, 2.75) is 13.3 Å². The van der Waals surface area contributed by atoms with Crippen molar-refractivity contribution in [2.24, 2.45) is 0 Å². The lowest BCUT2D eigenvalue weighted by Crippen LogP contribution is -2.04. The van der Waals surface area contributed by atoms with E-state index in [-0.39, 0.29) is 5.92 Å². The maximum Gasteiger partial charge on any atom is 0.251 e. The van der Waals surface area contributed by atoms with E-state index in [2.05, 4.69) is 4.98 Å². The van der Waals surface area contributed by atoms with Crippen LogP contribution in [0.4, 0.5) is 8.78 Å². The highest BCUT2D eigenvalue weighted by Gasteiger charge is 2.19. The molecule has 0 aliphatic carbocycles. The maximum absolute atomic E-state index is 11.9. The van der Waals surface area contributed by atoms with Gasteiger partial charge in [-0.15, -0.1) is 11.3 Å². The van der Waals surface area contributed by atoms with E-state index in [1.165, 1.54) is 24.5 Å². The summed E-state index contributed by atoms with van der Waals surface area (Å²) in [4.78, 5) is 3.74. The molecule has 4 heteroatoms. The first-order valence-corrected chi connectivity index (χ1v) is 3.61. The third kappa shape index (κ3) is 1.50. The summed E-state index contributed by atoms with van der Waals surface area (Å²) in [5, 5.41) is 2.11. The van der Waals surface area contributed by atoms with Crippen molar-refractivity contribution in [1.29, 1.82) is 0 Å². The number of aromatic nitrogens is 1. The smallest absolute Gasteiger partial charge is 0.249 e. The van der Waals surface area contributed by atoms with E-state index in [1.54, 1.807) is 5.38 Å². The van der Waals surface area contributed by atoms with E-state index in [0.717, 1.165) is 0 Å². The molecule has 0 fully saturated rings. The first kappa shape index (κ1) is 7.60. The van der Waals surface area contributed by atoms with E-state index >= 15 is 0 Å². The van der Waals surface area contributed by atoms with Crippen LogP contribution in [0.25, 0.3) is 0 Å². The number of thiazole rings is 1. The third-order valence-electron chi connectivity index (χ3n) is 1.10. The van der Waals surface area contributed by atoms with Crippen molar-refractivity contribution in [3.05, 3.63) is 22.5 Å². The zero-order chi connectivity index (χ0) is 7.56.